The zero-order valence-electron chi connectivity index (χ0n) is 8.94. The molecule has 0 aliphatic heterocycles. The van der Waals surface area contributed by atoms with Crippen molar-refractivity contribution in [1.29, 1.82) is 0 Å². The van der Waals surface area contributed by atoms with Gasteiger partial charge in [0.25, 0.3) is 0 Å². The number of benzene rings is 1. The number of carbonyl (C=O) groups is 1. The van der Waals surface area contributed by atoms with E-state index in [-0.39, 0.29) is 5.78 Å². The van der Waals surface area contributed by atoms with Gasteiger partial charge in [-0.3, -0.25) is 4.79 Å². The molecule has 0 amide bonds. The third-order valence-corrected chi connectivity index (χ3v) is 7.19. The highest BCUT2D eigenvalue weighted by Gasteiger charge is 2.18. The molecular weight excluding hydrogens is 396 g/mol. The van der Waals surface area contributed by atoms with Gasteiger partial charge in [0.2, 0.25) is 5.78 Å². The first-order valence-electron chi connectivity index (χ1n) is 5.12. The summed E-state index contributed by atoms with van der Waals surface area (Å²) in [7, 11) is 0. The van der Waals surface area contributed by atoms with Crippen molar-refractivity contribution < 1.29 is 4.79 Å². The molecule has 18 heavy (non-hydrogen) atoms. The molecule has 0 bridgehead atoms. The fourth-order valence-corrected chi connectivity index (χ4v) is 4.86. The third-order valence-electron chi connectivity index (χ3n) is 2.54. The molecule has 0 spiro atoms. The van der Waals surface area contributed by atoms with Crippen LogP contribution in [0.1, 0.15) is 14.5 Å². The first kappa shape index (κ1) is 12.5. The standard InChI is InChI=1S/C13H6Br2OS2/c14-8-6-17-13(11(8)15)12(16)10-5-7-3-1-2-4-9(7)18-10/h1-6H. The zero-order valence-corrected chi connectivity index (χ0v) is 13.7. The van der Waals surface area contributed by atoms with Gasteiger partial charge in [-0.05, 0) is 49.4 Å². The number of hydrogen-bond donors (Lipinski definition) is 0. The number of hydrogen-bond acceptors (Lipinski definition) is 3. The second kappa shape index (κ2) is 4.89. The Morgan fingerprint density at radius 1 is 1.17 bits per heavy atom. The molecule has 0 aliphatic rings. The van der Waals surface area contributed by atoms with E-state index in [1.54, 1.807) is 0 Å². The number of carbonyl (C=O) groups excluding carboxylic acids is 1. The predicted octanol–water partition coefficient (Wildman–Crippen LogP) is 5.72. The Hall–Kier alpha value is -0.490. The van der Waals surface area contributed by atoms with Gasteiger partial charge in [0.1, 0.15) is 0 Å². The van der Waals surface area contributed by atoms with E-state index >= 15 is 0 Å². The molecule has 2 aromatic heterocycles. The van der Waals surface area contributed by atoms with E-state index in [9.17, 15) is 4.79 Å². The molecule has 0 unspecified atom stereocenters. The summed E-state index contributed by atoms with van der Waals surface area (Å²) in [5.41, 5.74) is 0. The molecule has 3 aromatic rings. The fraction of sp³-hybridized carbons (Fsp3) is 0. The summed E-state index contributed by atoms with van der Waals surface area (Å²) in [4.78, 5) is 13.9. The second-order valence-electron chi connectivity index (χ2n) is 3.70. The van der Waals surface area contributed by atoms with Gasteiger partial charge < -0.3 is 0 Å². The first-order chi connectivity index (χ1) is 8.66. The Morgan fingerprint density at radius 3 is 2.61 bits per heavy atom. The minimum absolute atomic E-state index is 0.0822. The van der Waals surface area contributed by atoms with E-state index in [4.69, 9.17) is 0 Å². The van der Waals surface area contributed by atoms with Crippen LogP contribution < -0.4 is 0 Å². The van der Waals surface area contributed by atoms with Crippen LogP contribution in [0.4, 0.5) is 0 Å². The van der Waals surface area contributed by atoms with E-state index in [0.29, 0.717) is 0 Å². The smallest absolute Gasteiger partial charge is 0.214 e. The van der Waals surface area contributed by atoms with Crippen LogP contribution in [0.15, 0.2) is 44.7 Å². The van der Waals surface area contributed by atoms with Crippen LogP contribution >= 0.6 is 54.5 Å². The molecule has 5 heteroatoms. The van der Waals surface area contributed by atoms with E-state index in [0.717, 1.165) is 28.8 Å². The topological polar surface area (TPSA) is 17.1 Å². The third kappa shape index (κ3) is 2.09. The molecule has 0 aliphatic carbocycles. The molecule has 1 aromatic carbocycles. The summed E-state index contributed by atoms with van der Waals surface area (Å²) in [6.45, 7) is 0. The fourth-order valence-electron chi connectivity index (χ4n) is 1.68. The SMILES string of the molecule is O=C(c1cc2ccccc2s1)c1scc(Br)c1Br. The van der Waals surface area contributed by atoms with Gasteiger partial charge in [0.15, 0.2) is 0 Å². The van der Waals surface area contributed by atoms with Crippen LogP contribution in [0, 0.1) is 0 Å². The lowest BCUT2D eigenvalue weighted by atomic mass is 10.2. The van der Waals surface area contributed by atoms with E-state index in [2.05, 4.69) is 31.9 Å². The van der Waals surface area contributed by atoms with Crippen molar-refractivity contribution in [3.8, 4) is 0 Å². The normalized spacial score (nSPS) is 11.0. The van der Waals surface area contributed by atoms with Gasteiger partial charge in [-0.15, -0.1) is 22.7 Å². The number of thiophene rings is 2. The molecule has 0 saturated carbocycles. The van der Waals surface area contributed by atoms with E-state index < -0.39 is 0 Å². The summed E-state index contributed by atoms with van der Waals surface area (Å²) >= 11 is 9.84. The number of rotatable bonds is 2. The molecular formula is C13H6Br2OS2. The maximum absolute atomic E-state index is 12.4. The first-order valence-corrected chi connectivity index (χ1v) is 8.41. The summed E-state index contributed by atoms with van der Waals surface area (Å²) in [6.07, 6.45) is 0. The largest absolute Gasteiger partial charge is 0.287 e. The summed E-state index contributed by atoms with van der Waals surface area (Å²) in [5.74, 6) is 0.0822. The summed E-state index contributed by atoms with van der Waals surface area (Å²) in [5, 5.41) is 3.04. The molecule has 90 valence electrons. The van der Waals surface area contributed by atoms with E-state index in [1.165, 1.54) is 22.7 Å². The Morgan fingerprint density at radius 2 is 1.94 bits per heavy atom. The summed E-state index contributed by atoms with van der Waals surface area (Å²) < 4.78 is 2.92. The van der Waals surface area contributed by atoms with Crippen LogP contribution in [0.5, 0.6) is 0 Å². The van der Waals surface area contributed by atoms with Crippen LogP contribution in [0.2, 0.25) is 0 Å². The van der Waals surface area contributed by atoms with Crippen molar-refractivity contribution in [3.05, 3.63) is 54.4 Å². The van der Waals surface area contributed by atoms with Gasteiger partial charge >= 0.3 is 0 Å². The maximum Gasteiger partial charge on any atom is 0.214 e. The van der Waals surface area contributed by atoms with Crippen molar-refractivity contribution in [2.75, 3.05) is 0 Å². The van der Waals surface area contributed by atoms with Gasteiger partial charge in [-0.2, -0.15) is 0 Å². The quantitative estimate of drug-likeness (QED) is 0.502. The number of ketones is 1. The number of fused-ring (bicyclic) bond motifs is 1. The lowest BCUT2D eigenvalue weighted by Crippen LogP contribution is -1.95. The van der Waals surface area contributed by atoms with Crippen LogP contribution in [0.25, 0.3) is 10.1 Å². The summed E-state index contributed by atoms with van der Waals surface area (Å²) in [6, 6.07) is 10.0. The van der Waals surface area contributed by atoms with Crippen molar-refractivity contribution >= 4 is 70.4 Å². The molecule has 2 heterocycles. The molecule has 0 radical (unpaired) electrons. The van der Waals surface area contributed by atoms with Gasteiger partial charge in [-0.1, -0.05) is 18.2 Å². The Labute approximate surface area is 129 Å². The predicted molar refractivity (Wildman–Crippen MR) is 85.0 cm³/mol. The molecule has 1 nitrogen and oxygen atoms in total. The molecule has 0 fully saturated rings. The highest BCUT2D eigenvalue weighted by atomic mass is 79.9. The molecule has 0 N–H and O–H groups in total. The monoisotopic (exact) mass is 400 g/mol. The minimum atomic E-state index is 0.0822. The van der Waals surface area contributed by atoms with Gasteiger partial charge in [0, 0.05) is 14.6 Å². The van der Waals surface area contributed by atoms with Crippen LogP contribution in [-0.4, -0.2) is 5.78 Å². The average molecular weight is 402 g/mol. The van der Waals surface area contributed by atoms with Crippen molar-refractivity contribution in [2.45, 2.75) is 0 Å². The van der Waals surface area contributed by atoms with Gasteiger partial charge in [-0.25, -0.2) is 0 Å². The highest BCUT2D eigenvalue weighted by Crippen LogP contribution is 2.36. The second-order valence-corrected chi connectivity index (χ2v) is 7.32. The lowest BCUT2D eigenvalue weighted by Gasteiger charge is -1.94. The highest BCUT2D eigenvalue weighted by molar-refractivity contribution is 9.13. The molecule has 3 rings (SSSR count). The Kier molecular flexibility index (Phi) is 3.40. The lowest BCUT2D eigenvalue weighted by molar-refractivity contribution is 0.104. The van der Waals surface area contributed by atoms with Crippen LogP contribution in [0.3, 0.4) is 0 Å². The number of halogens is 2. The minimum Gasteiger partial charge on any atom is -0.287 e. The van der Waals surface area contributed by atoms with Crippen molar-refractivity contribution in [1.82, 2.24) is 0 Å². The van der Waals surface area contributed by atoms with Crippen molar-refractivity contribution in [2.24, 2.45) is 0 Å². The van der Waals surface area contributed by atoms with Gasteiger partial charge in [0.05, 0.1) is 14.2 Å². The molecule has 0 atom stereocenters. The Balaban J connectivity index is 2.09. The zero-order chi connectivity index (χ0) is 12.7. The average Bonchev–Trinajstić information content (AvgIpc) is 2.94. The molecule has 0 saturated heterocycles. The van der Waals surface area contributed by atoms with E-state index in [1.807, 2.05) is 35.7 Å². The van der Waals surface area contributed by atoms with Crippen molar-refractivity contribution in [3.63, 3.8) is 0 Å². The maximum atomic E-state index is 12.4. The Bertz CT molecular complexity index is 709. The van der Waals surface area contributed by atoms with Crippen LogP contribution in [-0.2, 0) is 0 Å².